The van der Waals surface area contributed by atoms with Crippen molar-refractivity contribution >= 4 is 17.5 Å². The molecule has 2 fully saturated rings. The highest BCUT2D eigenvalue weighted by atomic mass is 35.5. The lowest BCUT2D eigenvalue weighted by molar-refractivity contribution is 0.0570. The Bertz CT molecular complexity index is 856. The van der Waals surface area contributed by atoms with Crippen molar-refractivity contribution in [3.63, 3.8) is 0 Å². The summed E-state index contributed by atoms with van der Waals surface area (Å²) >= 11 is 6.40. The molecule has 5 rings (SSSR count). The number of fused-ring (bicyclic) bond motifs is 3. The van der Waals surface area contributed by atoms with E-state index in [1.165, 1.54) is 5.56 Å². The number of piperidine rings is 1. The number of amides is 1. The summed E-state index contributed by atoms with van der Waals surface area (Å²) in [7, 11) is 0. The van der Waals surface area contributed by atoms with Crippen molar-refractivity contribution in [1.82, 2.24) is 9.88 Å². The molecule has 0 spiro atoms. The first-order valence-corrected chi connectivity index (χ1v) is 10.2. The van der Waals surface area contributed by atoms with E-state index in [9.17, 15) is 4.79 Å². The van der Waals surface area contributed by atoms with E-state index in [4.69, 9.17) is 16.3 Å². The van der Waals surface area contributed by atoms with E-state index >= 15 is 0 Å². The Morgan fingerprint density at radius 2 is 1.89 bits per heavy atom. The fourth-order valence-electron chi connectivity index (χ4n) is 5.06. The van der Waals surface area contributed by atoms with Crippen LogP contribution in [0.4, 0.5) is 0 Å². The molecule has 2 saturated heterocycles. The minimum atomic E-state index is 0.0563. The Hall–Kier alpha value is -1.91. The predicted octanol–water partition coefficient (Wildman–Crippen LogP) is 4.36. The number of carbonyl (C=O) groups excluding carboxylic acids is 1. The van der Waals surface area contributed by atoms with Crippen LogP contribution in [-0.2, 0) is 17.8 Å². The Balaban J connectivity index is 1.41. The maximum atomic E-state index is 13.4. The molecule has 4 nitrogen and oxygen atoms in total. The molecule has 2 aromatic rings. The summed E-state index contributed by atoms with van der Waals surface area (Å²) in [6.07, 6.45) is 5.04. The van der Waals surface area contributed by atoms with E-state index in [1.54, 1.807) is 0 Å². The zero-order valence-electron chi connectivity index (χ0n) is 15.2. The molecule has 0 aliphatic carbocycles. The van der Waals surface area contributed by atoms with E-state index in [1.807, 2.05) is 6.07 Å². The molecule has 2 bridgehead atoms. The number of halogens is 1. The van der Waals surface area contributed by atoms with Gasteiger partial charge in [0.25, 0.3) is 5.91 Å². The molecule has 27 heavy (non-hydrogen) atoms. The van der Waals surface area contributed by atoms with Gasteiger partial charge in [0.2, 0.25) is 0 Å². The Morgan fingerprint density at radius 3 is 2.63 bits per heavy atom. The topological polar surface area (TPSA) is 42.4 Å². The van der Waals surface area contributed by atoms with Crippen LogP contribution in [0.5, 0.6) is 0 Å². The van der Waals surface area contributed by atoms with Gasteiger partial charge in [-0.15, -0.1) is 0 Å². The zero-order valence-corrected chi connectivity index (χ0v) is 16.0. The normalized spacial score (nSPS) is 26.7. The van der Waals surface area contributed by atoms with Gasteiger partial charge in [-0.1, -0.05) is 41.9 Å². The summed E-state index contributed by atoms with van der Waals surface area (Å²) in [6.45, 7) is 1.16. The summed E-state index contributed by atoms with van der Waals surface area (Å²) in [5.74, 6) is 0.600. The van der Waals surface area contributed by atoms with Crippen LogP contribution < -0.4 is 0 Å². The lowest BCUT2D eigenvalue weighted by Crippen LogP contribution is -2.46. The van der Waals surface area contributed by atoms with Gasteiger partial charge in [0.15, 0.2) is 0 Å². The number of carbonyl (C=O) groups is 1. The van der Waals surface area contributed by atoms with Crippen LogP contribution in [0.2, 0.25) is 5.15 Å². The lowest BCUT2D eigenvalue weighted by Gasteiger charge is -2.39. The molecule has 1 amide bonds. The molecule has 4 heterocycles. The summed E-state index contributed by atoms with van der Waals surface area (Å²) in [5, 5.41) is 0.314. The molecular formula is C22H23ClN2O2. The Labute approximate surface area is 164 Å². The summed E-state index contributed by atoms with van der Waals surface area (Å²) < 4.78 is 5.45. The average Bonchev–Trinajstić information content (AvgIpc) is 2.97. The van der Waals surface area contributed by atoms with Crippen molar-refractivity contribution < 1.29 is 9.53 Å². The largest absolute Gasteiger partial charge is 0.375 e. The van der Waals surface area contributed by atoms with E-state index in [0.29, 0.717) is 41.9 Å². The molecule has 0 radical (unpaired) electrons. The van der Waals surface area contributed by atoms with Gasteiger partial charge in [-0.25, -0.2) is 4.98 Å². The van der Waals surface area contributed by atoms with Crippen LogP contribution in [0.3, 0.4) is 0 Å². The number of aromatic nitrogens is 1. The fraction of sp³-hybridized carbons (Fsp3) is 0.455. The third-order valence-corrected chi connectivity index (χ3v) is 6.66. The first-order valence-electron chi connectivity index (χ1n) is 9.84. The first-order chi connectivity index (χ1) is 13.2. The van der Waals surface area contributed by atoms with Gasteiger partial charge in [-0.05, 0) is 55.2 Å². The zero-order chi connectivity index (χ0) is 18.4. The van der Waals surface area contributed by atoms with Crippen LogP contribution in [0.25, 0.3) is 0 Å². The van der Waals surface area contributed by atoms with E-state index in [2.05, 4.69) is 40.2 Å². The van der Waals surface area contributed by atoms with Gasteiger partial charge in [0, 0.05) is 12.1 Å². The van der Waals surface area contributed by atoms with Crippen LogP contribution in [0.15, 0.2) is 36.4 Å². The van der Waals surface area contributed by atoms with Crippen molar-refractivity contribution in [3.8, 4) is 0 Å². The molecule has 0 N–H and O–H groups in total. The number of rotatable bonds is 2. The maximum absolute atomic E-state index is 13.4. The van der Waals surface area contributed by atoms with Gasteiger partial charge < -0.3 is 9.64 Å². The van der Waals surface area contributed by atoms with Crippen molar-refractivity contribution in [2.24, 2.45) is 0 Å². The average molecular weight is 383 g/mol. The van der Waals surface area contributed by atoms with Gasteiger partial charge in [-0.2, -0.15) is 0 Å². The molecule has 5 heteroatoms. The molecule has 3 atom stereocenters. The van der Waals surface area contributed by atoms with E-state index in [0.717, 1.165) is 43.4 Å². The fourth-order valence-corrected chi connectivity index (χ4v) is 5.29. The molecule has 3 aliphatic heterocycles. The number of nitrogens with zero attached hydrogens (tertiary/aromatic N) is 2. The molecule has 140 valence electrons. The van der Waals surface area contributed by atoms with Crippen LogP contribution in [0, 0.1) is 0 Å². The standard InChI is InChI=1S/C22H23ClN2O2/c23-21-19(12-15-8-9-27-13-20(15)24-21)22(26)25-17-6-7-18(25)11-16(10-17)14-4-2-1-3-5-14/h1-5,12,16-18H,6-11,13H2/t16?,17-,18+. The van der Waals surface area contributed by atoms with Gasteiger partial charge in [0.1, 0.15) is 5.15 Å². The molecule has 1 unspecified atom stereocenters. The van der Waals surface area contributed by atoms with E-state index in [-0.39, 0.29) is 5.91 Å². The van der Waals surface area contributed by atoms with Crippen molar-refractivity contribution in [3.05, 3.63) is 63.9 Å². The molecular weight excluding hydrogens is 360 g/mol. The molecule has 0 saturated carbocycles. The van der Waals surface area contributed by atoms with Gasteiger partial charge >= 0.3 is 0 Å². The van der Waals surface area contributed by atoms with Crippen LogP contribution in [-0.4, -0.2) is 34.5 Å². The summed E-state index contributed by atoms with van der Waals surface area (Å²) in [5.41, 5.74) is 3.93. The SMILES string of the molecule is O=C(c1cc2c(nc1Cl)COCC2)N1[C@@H]2CC[C@H]1CC(c1ccccc1)C2. The summed E-state index contributed by atoms with van der Waals surface area (Å²) in [6, 6.07) is 13.3. The summed E-state index contributed by atoms with van der Waals surface area (Å²) in [4.78, 5) is 19.9. The smallest absolute Gasteiger partial charge is 0.257 e. The molecule has 3 aliphatic rings. The van der Waals surface area contributed by atoms with Crippen LogP contribution >= 0.6 is 11.6 Å². The monoisotopic (exact) mass is 382 g/mol. The Kier molecular flexibility index (Phi) is 4.41. The second-order valence-corrected chi connectivity index (χ2v) is 8.27. The number of pyridine rings is 1. The van der Waals surface area contributed by atoms with Crippen molar-refractivity contribution in [2.75, 3.05) is 6.61 Å². The molecule has 1 aromatic carbocycles. The minimum absolute atomic E-state index is 0.0563. The maximum Gasteiger partial charge on any atom is 0.257 e. The van der Waals surface area contributed by atoms with Gasteiger partial charge in [-0.3, -0.25) is 4.79 Å². The quantitative estimate of drug-likeness (QED) is 0.725. The van der Waals surface area contributed by atoms with Gasteiger partial charge in [0.05, 0.1) is 24.5 Å². The molecule has 1 aromatic heterocycles. The first kappa shape index (κ1) is 17.2. The number of hydrogen-bond acceptors (Lipinski definition) is 3. The number of benzene rings is 1. The highest BCUT2D eigenvalue weighted by Gasteiger charge is 2.44. The Morgan fingerprint density at radius 1 is 1.15 bits per heavy atom. The van der Waals surface area contributed by atoms with Crippen molar-refractivity contribution in [2.45, 2.75) is 56.7 Å². The highest BCUT2D eigenvalue weighted by Crippen LogP contribution is 2.44. The lowest BCUT2D eigenvalue weighted by atomic mass is 9.85. The highest BCUT2D eigenvalue weighted by molar-refractivity contribution is 6.32. The second-order valence-electron chi connectivity index (χ2n) is 7.91. The number of ether oxygens (including phenoxy) is 1. The third kappa shape index (κ3) is 3.05. The third-order valence-electron chi connectivity index (χ3n) is 6.37. The second kappa shape index (κ2) is 6.92. The predicted molar refractivity (Wildman–Crippen MR) is 104 cm³/mol. The van der Waals surface area contributed by atoms with E-state index < -0.39 is 0 Å². The number of hydrogen-bond donors (Lipinski definition) is 0. The van der Waals surface area contributed by atoms with Crippen LogP contribution in [0.1, 0.15) is 58.8 Å². The van der Waals surface area contributed by atoms with Crippen molar-refractivity contribution in [1.29, 1.82) is 0 Å². The minimum Gasteiger partial charge on any atom is -0.375 e.